The molecule has 0 saturated heterocycles. The molecule has 1 heterocycles. The minimum atomic E-state index is -1.24. The van der Waals surface area contributed by atoms with Crippen LogP contribution in [0.15, 0.2) is 42.5 Å². The van der Waals surface area contributed by atoms with Gasteiger partial charge in [-0.25, -0.2) is 9.18 Å². The van der Waals surface area contributed by atoms with E-state index in [-0.39, 0.29) is 22.7 Å². The Morgan fingerprint density at radius 1 is 1.22 bits per heavy atom. The summed E-state index contributed by atoms with van der Waals surface area (Å²) in [6.45, 7) is 2.67. The molecule has 0 spiro atoms. The van der Waals surface area contributed by atoms with Gasteiger partial charge in [0, 0.05) is 0 Å². The summed E-state index contributed by atoms with van der Waals surface area (Å²) in [7, 11) is 0. The first-order chi connectivity index (χ1) is 12.7. The number of nitrogens with zero attached hydrogens (tertiary/aromatic N) is 1. The molecule has 0 bridgehead atoms. The Hall–Kier alpha value is -3.42. The molecule has 0 unspecified atom stereocenters. The molecular formula is C19H17FN2O5. The van der Waals surface area contributed by atoms with Gasteiger partial charge in [0.1, 0.15) is 18.1 Å². The summed E-state index contributed by atoms with van der Waals surface area (Å²) in [5.74, 6) is -2.64. The Morgan fingerprint density at radius 3 is 2.59 bits per heavy atom. The lowest BCUT2D eigenvalue weighted by atomic mass is 10.0. The quantitative estimate of drug-likeness (QED) is 0.860. The minimum Gasteiger partial charge on any atom is -0.478 e. The number of benzene rings is 2. The fraction of sp³-hybridized carbons (Fsp3) is 0.211. The van der Waals surface area contributed by atoms with Gasteiger partial charge in [-0.1, -0.05) is 12.1 Å². The third-order valence-corrected chi connectivity index (χ3v) is 4.07. The summed E-state index contributed by atoms with van der Waals surface area (Å²) >= 11 is 0. The number of hydrogen-bond acceptors (Lipinski definition) is 4. The van der Waals surface area contributed by atoms with Crippen molar-refractivity contribution in [3.63, 3.8) is 0 Å². The predicted molar refractivity (Wildman–Crippen MR) is 95.5 cm³/mol. The number of nitrogens with one attached hydrogen (secondary N) is 1. The number of ether oxygens (including phenoxy) is 1. The third kappa shape index (κ3) is 3.59. The molecule has 0 saturated carbocycles. The zero-order valence-corrected chi connectivity index (χ0v) is 14.7. The lowest BCUT2D eigenvalue weighted by molar-refractivity contribution is -0.133. The normalized spacial score (nSPS) is 14.9. The Bertz CT molecular complexity index is 941. The molecule has 2 aromatic carbocycles. The van der Waals surface area contributed by atoms with E-state index in [0.29, 0.717) is 0 Å². The number of aromatic carboxylic acids is 1. The van der Waals surface area contributed by atoms with Gasteiger partial charge >= 0.3 is 5.97 Å². The first-order valence-electron chi connectivity index (χ1n) is 8.12. The van der Waals surface area contributed by atoms with E-state index in [9.17, 15) is 23.9 Å². The Kier molecular flexibility index (Phi) is 4.57. The monoisotopic (exact) mass is 372 g/mol. The van der Waals surface area contributed by atoms with Crippen LogP contribution in [-0.2, 0) is 9.59 Å². The minimum absolute atomic E-state index is 0.0121. The topological polar surface area (TPSA) is 95.9 Å². The van der Waals surface area contributed by atoms with E-state index in [1.807, 2.05) is 0 Å². The molecule has 2 amide bonds. The molecule has 27 heavy (non-hydrogen) atoms. The van der Waals surface area contributed by atoms with Crippen LogP contribution in [0.25, 0.3) is 0 Å². The van der Waals surface area contributed by atoms with Crippen LogP contribution < -0.4 is 15.0 Å². The van der Waals surface area contributed by atoms with E-state index in [4.69, 9.17) is 4.74 Å². The first kappa shape index (κ1) is 18.4. The number of carbonyl (C=O) groups excluding carboxylic acids is 2. The average molecular weight is 372 g/mol. The molecule has 3 rings (SSSR count). The summed E-state index contributed by atoms with van der Waals surface area (Å²) in [6, 6.07) is 9.71. The molecule has 0 radical (unpaired) electrons. The number of hydrogen-bond donors (Lipinski definition) is 2. The maximum atomic E-state index is 13.7. The molecule has 0 atom stereocenters. The van der Waals surface area contributed by atoms with Crippen molar-refractivity contribution >= 4 is 29.2 Å². The first-order valence-corrected chi connectivity index (χ1v) is 8.12. The number of carboxylic acids is 1. The predicted octanol–water partition coefficient (Wildman–Crippen LogP) is 2.67. The summed E-state index contributed by atoms with van der Waals surface area (Å²) in [6.07, 6.45) is 0. The summed E-state index contributed by atoms with van der Waals surface area (Å²) in [5, 5.41) is 11.6. The molecule has 0 aromatic heterocycles. The fourth-order valence-electron chi connectivity index (χ4n) is 2.75. The van der Waals surface area contributed by atoms with Crippen LogP contribution in [0.4, 0.5) is 15.8 Å². The van der Waals surface area contributed by atoms with Crippen molar-refractivity contribution < 1.29 is 28.6 Å². The number of amides is 2. The molecule has 0 aliphatic carbocycles. The van der Waals surface area contributed by atoms with Gasteiger partial charge in [-0.15, -0.1) is 0 Å². The summed E-state index contributed by atoms with van der Waals surface area (Å²) < 4.78 is 19.4. The maximum absolute atomic E-state index is 13.7. The van der Waals surface area contributed by atoms with Crippen LogP contribution in [0.3, 0.4) is 0 Å². The van der Waals surface area contributed by atoms with Crippen LogP contribution in [0, 0.1) is 5.82 Å². The van der Waals surface area contributed by atoms with Crippen molar-refractivity contribution in [2.75, 3.05) is 16.8 Å². The largest absolute Gasteiger partial charge is 0.478 e. The van der Waals surface area contributed by atoms with Gasteiger partial charge in [-0.3, -0.25) is 14.5 Å². The molecule has 2 aromatic rings. The van der Waals surface area contributed by atoms with Gasteiger partial charge in [-0.05, 0) is 44.2 Å². The Morgan fingerprint density at radius 2 is 1.93 bits per heavy atom. The number of anilines is 2. The van der Waals surface area contributed by atoms with Crippen LogP contribution in [0.5, 0.6) is 5.75 Å². The van der Waals surface area contributed by atoms with Crippen LogP contribution in [0.1, 0.15) is 24.2 Å². The molecule has 2 N–H and O–H groups in total. The highest BCUT2D eigenvalue weighted by Gasteiger charge is 2.41. The summed E-state index contributed by atoms with van der Waals surface area (Å²) in [4.78, 5) is 37.5. The maximum Gasteiger partial charge on any atom is 0.335 e. The lowest BCUT2D eigenvalue weighted by Crippen LogP contribution is -2.54. The van der Waals surface area contributed by atoms with Crippen molar-refractivity contribution in [1.29, 1.82) is 0 Å². The number of carbonyl (C=O) groups is 3. The Balaban J connectivity index is 1.92. The van der Waals surface area contributed by atoms with E-state index < -0.39 is 35.7 Å². The standard InChI is InChI=1S/C19H17FN2O5/c1-19(2)18(26)22(10-16(23)21-13-6-4-3-5-12(13)20)14-9-11(17(24)25)7-8-15(14)27-19/h3-9H,10H2,1-2H3,(H,21,23)(H,24,25). The molecule has 1 aliphatic rings. The van der Waals surface area contributed by atoms with E-state index in [2.05, 4.69) is 5.32 Å². The van der Waals surface area contributed by atoms with Crippen LogP contribution >= 0.6 is 0 Å². The molecular weight excluding hydrogens is 355 g/mol. The second-order valence-electron chi connectivity index (χ2n) is 6.52. The van der Waals surface area contributed by atoms with E-state index in [0.717, 1.165) is 4.90 Å². The van der Waals surface area contributed by atoms with Crippen molar-refractivity contribution in [1.82, 2.24) is 0 Å². The van der Waals surface area contributed by atoms with Gasteiger partial charge < -0.3 is 15.2 Å². The van der Waals surface area contributed by atoms with E-state index >= 15 is 0 Å². The van der Waals surface area contributed by atoms with Gasteiger partial charge in [0.05, 0.1) is 16.9 Å². The van der Waals surface area contributed by atoms with Gasteiger partial charge in [0.15, 0.2) is 5.60 Å². The summed E-state index contributed by atoms with van der Waals surface area (Å²) in [5.41, 5.74) is -1.13. The average Bonchev–Trinajstić information content (AvgIpc) is 2.60. The highest BCUT2D eigenvalue weighted by atomic mass is 19.1. The van der Waals surface area contributed by atoms with Gasteiger partial charge in [0.2, 0.25) is 5.91 Å². The van der Waals surface area contributed by atoms with Crippen LogP contribution in [-0.4, -0.2) is 35.0 Å². The molecule has 1 aliphatic heterocycles. The lowest BCUT2D eigenvalue weighted by Gasteiger charge is -2.38. The number of para-hydroxylation sites is 1. The van der Waals surface area contributed by atoms with Crippen molar-refractivity contribution in [2.45, 2.75) is 19.4 Å². The highest BCUT2D eigenvalue weighted by molar-refractivity contribution is 6.08. The smallest absolute Gasteiger partial charge is 0.335 e. The van der Waals surface area contributed by atoms with Crippen molar-refractivity contribution in [3.8, 4) is 5.75 Å². The number of rotatable bonds is 4. The van der Waals surface area contributed by atoms with Gasteiger partial charge in [-0.2, -0.15) is 0 Å². The molecule has 0 fully saturated rings. The van der Waals surface area contributed by atoms with Gasteiger partial charge in [0.25, 0.3) is 5.91 Å². The Labute approximate surface area is 154 Å². The zero-order valence-electron chi connectivity index (χ0n) is 14.7. The second kappa shape index (κ2) is 6.71. The second-order valence-corrected chi connectivity index (χ2v) is 6.52. The SMILES string of the molecule is CC1(C)Oc2ccc(C(=O)O)cc2N(CC(=O)Nc2ccccc2F)C1=O. The number of halogens is 1. The number of carboxylic acid groups (broad SMARTS) is 1. The zero-order chi connectivity index (χ0) is 19.8. The molecule has 7 nitrogen and oxygen atoms in total. The highest BCUT2D eigenvalue weighted by Crippen LogP contribution is 2.38. The van der Waals surface area contributed by atoms with Crippen molar-refractivity contribution in [2.24, 2.45) is 0 Å². The molecule has 8 heteroatoms. The number of fused-ring (bicyclic) bond motifs is 1. The van der Waals surface area contributed by atoms with E-state index in [1.165, 1.54) is 36.4 Å². The fourth-order valence-corrected chi connectivity index (χ4v) is 2.75. The van der Waals surface area contributed by atoms with E-state index in [1.54, 1.807) is 19.9 Å². The third-order valence-electron chi connectivity index (χ3n) is 4.07. The molecule has 140 valence electrons. The van der Waals surface area contributed by atoms with Crippen molar-refractivity contribution in [3.05, 3.63) is 53.8 Å². The van der Waals surface area contributed by atoms with Crippen LogP contribution in [0.2, 0.25) is 0 Å².